The Balaban J connectivity index is 1.93. The zero-order chi connectivity index (χ0) is 10.7. The third-order valence-corrected chi connectivity index (χ3v) is 2.39. The number of carbonyl (C=O) groups excluding carboxylic acids is 1. The van der Waals surface area contributed by atoms with Crippen molar-refractivity contribution in [3.8, 4) is 0 Å². The molecule has 0 aromatic carbocycles. The van der Waals surface area contributed by atoms with Crippen LogP contribution in [0.1, 0.15) is 16.2 Å². The first kappa shape index (κ1) is 9.66. The van der Waals surface area contributed by atoms with Crippen LogP contribution in [0.25, 0.3) is 0 Å². The first-order valence-corrected chi connectivity index (χ1v) is 5.16. The van der Waals surface area contributed by atoms with Gasteiger partial charge in [0, 0.05) is 11.4 Å². The Labute approximate surface area is 89.5 Å². The summed E-state index contributed by atoms with van der Waals surface area (Å²) in [6, 6.07) is 1.48. The van der Waals surface area contributed by atoms with E-state index in [2.05, 4.69) is 20.5 Å². The number of aromatic nitrogens is 3. The van der Waals surface area contributed by atoms with Crippen molar-refractivity contribution in [1.29, 1.82) is 0 Å². The Morgan fingerprint density at radius 1 is 1.67 bits per heavy atom. The van der Waals surface area contributed by atoms with Crippen LogP contribution in [0.3, 0.4) is 0 Å². The van der Waals surface area contributed by atoms with E-state index in [1.807, 2.05) is 5.38 Å². The van der Waals surface area contributed by atoms with Gasteiger partial charge in [0.1, 0.15) is 11.5 Å². The topological polar surface area (TPSA) is 96.7 Å². The predicted molar refractivity (Wildman–Crippen MR) is 56.3 cm³/mol. The summed E-state index contributed by atoms with van der Waals surface area (Å²) in [5.74, 6) is 0.0565. The molecule has 2 heterocycles. The van der Waals surface area contributed by atoms with Crippen LogP contribution in [0.15, 0.2) is 17.0 Å². The molecule has 78 valence electrons. The van der Waals surface area contributed by atoms with Crippen molar-refractivity contribution in [3.63, 3.8) is 0 Å². The second-order valence-corrected chi connectivity index (χ2v) is 3.59. The van der Waals surface area contributed by atoms with Crippen LogP contribution < -0.4 is 11.1 Å². The van der Waals surface area contributed by atoms with Gasteiger partial charge in [-0.15, -0.1) is 11.3 Å². The number of thiazole rings is 1. The average Bonchev–Trinajstić information content (AvgIpc) is 2.84. The summed E-state index contributed by atoms with van der Waals surface area (Å²) in [6.45, 7) is 0.404. The number of hydrogen-bond donors (Lipinski definition) is 3. The minimum Gasteiger partial charge on any atom is -0.382 e. The molecule has 6 nitrogen and oxygen atoms in total. The molecule has 0 aliphatic heterocycles. The maximum absolute atomic E-state index is 11.5. The lowest BCUT2D eigenvalue weighted by Crippen LogP contribution is -2.23. The lowest BCUT2D eigenvalue weighted by atomic mass is 10.4. The van der Waals surface area contributed by atoms with Gasteiger partial charge in [0.2, 0.25) is 0 Å². The minimum absolute atomic E-state index is 0.243. The number of aromatic amines is 1. The van der Waals surface area contributed by atoms with Crippen LogP contribution in [0.5, 0.6) is 0 Å². The molecule has 0 saturated carbocycles. The van der Waals surface area contributed by atoms with E-state index in [4.69, 9.17) is 5.73 Å². The third kappa shape index (κ3) is 2.32. The molecule has 0 bridgehead atoms. The number of anilines is 1. The number of H-pyrrole nitrogens is 1. The molecular formula is C8H9N5OS. The van der Waals surface area contributed by atoms with Crippen LogP contribution >= 0.6 is 11.3 Å². The zero-order valence-corrected chi connectivity index (χ0v) is 8.54. The molecule has 2 rings (SSSR count). The lowest BCUT2D eigenvalue weighted by molar-refractivity contribution is 0.0945. The normalized spacial score (nSPS) is 10.1. The SMILES string of the molecule is Nc1cc(C(=O)NCc2cscn2)[nH]n1. The molecule has 2 aromatic rings. The van der Waals surface area contributed by atoms with Gasteiger partial charge in [0.05, 0.1) is 17.7 Å². The monoisotopic (exact) mass is 223 g/mol. The number of rotatable bonds is 3. The smallest absolute Gasteiger partial charge is 0.269 e. The van der Waals surface area contributed by atoms with Crippen LogP contribution in [0.4, 0.5) is 5.82 Å². The van der Waals surface area contributed by atoms with Crippen molar-refractivity contribution < 1.29 is 4.79 Å². The number of nitrogens with zero attached hydrogens (tertiary/aromatic N) is 2. The van der Waals surface area contributed by atoms with E-state index in [0.29, 0.717) is 18.1 Å². The zero-order valence-electron chi connectivity index (χ0n) is 7.73. The summed E-state index contributed by atoms with van der Waals surface area (Å²) in [5.41, 5.74) is 8.28. The first-order valence-electron chi connectivity index (χ1n) is 4.22. The quantitative estimate of drug-likeness (QED) is 0.700. The fourth-order valence-electron chi connectivity index (χ4n) is 1.04. The van der Waals surface area contributed by atoms with Crippen LogP contribution in [0, 0.1) is 0 Å². The highest BCUT2D eigenvalue weighted by Gasteiger charge is 2.08. The molecule has 0 aliphatic rings. The second-order valence-electron chi connectivity index (χ2n) is 2.87. The minimum atomic E-state index is -0.243. The highest BCUT2D eigenvalue weighted by atomic mass is 32.1. The summed E-state index contributed by atoms with van der Waals surface area (Å²) >= 11 is 1.49. The molecular weight excluding hydrogens is 214 g/mol. The number of nitrogen functional groups attached to an aromatic ring is 1. The van der Waals surface area contributed by atoms with Gasteiger partial charge in [-0.1, -0.05) is 0 Å². The molecule has 0 saturated heterocycles. The number of carbonyl (C=O) groups is 1. The standard InChI is InChI=1S/C8H9N5OS/c9-7-1-6(12-13-7)8(14)10-2-5-3-15-4-11-5/h1,3-4H,2H2,(H,10,14)(H3,9,12,13). The van der Waals surface area contributed by atoms with Crippen LogP contribution in [0.2, 0.25) is 0 Å². The van der Waals surface area contributed by atoms with Gasteiger partial charge >= 0.3 is 0 Å². The van der Waals surface area contributed by atoms with E-state index < -0.39 is 0 Å². The fraction of sp³-hybridized carbons (Fsp3) is 0.125. The maximum Gasteiger partial charge on any atom is 0.269 e. The van der Waals surface area contributed by atoms with Crippen molar-refractivity contribution in [1.82, 2.24) is 20.5 Å². The van der Waals surface area contributed by atoms with Crippen molar-refractivity contribution in [2.75, 3.05) is 5.73 Å². The first-order chi connectivity index (χ1) is 7.25. The fourth-order valence-corrected chi connectivity index (χ4v) is 1.60. The van der Waals surface area contributed by atoms with Crippen LogP contribution in [-0.4, -0.2) is 21.1 Å². The maximum atomic E-state index is 11.5. The van der Waals surface area contributed by atoms with E-state index in [-0.39, 0.29) is 5.91 Å². The van der Waals surface area contributed by atoms with Crippen molar-refractivity contribution in [2.45, 2.75) is 6.54 Å². The predicted octanol–water partition coefficient (Wildman–Crippen LogP) is 0.378. The Hall–Kier alpha value is -1.89. The molecule has 0 spiro atoms. The van der Waals surface area contributed by atoms with E-state index in [0.717, 1.165) is 5.69 Å². The van der Waals surface area contributed by atoms with Crippen molar-refractivity contribution in [3.05, 3.63) is 28.3 Å². The highest BCUT2D eigenvalue weighted by Crippen LogP contribution is 2.02. The number of nitrogens with two attached hydrogens (primary N) is 1. The second kappa shape index (κ2) is 4.09. The number of hydrogen-bond acceptors (Lipinski definition) is 5. The van der Waals surface area contributed by atoms with Gasteiger partial charge in [-0.25, -0.2) is 4.98 Å². The van der Waals surface area contributed by atoms with Crippen molar-refractivity contribution >= 4 is 23.1 Å². The Bertz CT molecular complexity index is 449. The van der Waals surface area contributed by atoms with Crippen molar-refractivity contribution in [2.24, 2.45) is 0 Å². The molecule has 4 N–H and O–H groups in total. The summed E-state index contributed by atoms with van der Waals surface area (Å²) in [6.07, 6.45) is 0. The lowest BCUT2D eigenvalue weighted by Gasteiger charge is -1.99. The Kier molecular flexibility index (Phi) is 2.64. The van der Waals surface area contributed by atoms with Gasteiger partial charge in [-0.2, -0.15) is 5.10 Å². The molecule has 15 heavy (non-hydrogen) atoms. The van der Waals surface area contributed by atoms with Gasteiger partial charge < -0.3 is 11.1 Å². The van der Waals surface area contributed by atoms with Crippen LogP contribution in [-0.2, 0) is 6.54 Å². The largest absolute Gasteiger partial charge is 0.382 e. The third-order valence-electron chi connectivity index (χ3n) is 1.76. The molecule has 2 aromatic heterocycles. The van der Waals surface area contributed by atoms with E-state index >= 15 is 0 Å². The molecule has 0 aliphatic carbocycles. The van der Waals surface area contributed by atoms with E-state index in [1.165, 1.54) is 17.4 Å². The molecule has 0 unspecified atom stereocenters. The Morgan fingerprint density at radius 2 is 2.53 bits per heavy atom. The Morgan fingerprint density at radius 3 is 3.13 bits per heavy atom. The molecule has 1 amide bonds. The van der Waals surface area contributed by atoms with Gasteiger partial charge in [-0.3, -0.25) is 9.89 Å². The number of amides is 1. The van der Waals surface area contributed by atoms with E-state index in [1.54, 1.807) is 5.51 Å². The summed E-state index contributed by atoms with van der Waals surface area (Å²) < 4.78 is 0. The summed E-state index contributed by atoms with van der Waals surface area (Å²) in [5, 5.41) is 10.8. The molecule has 7 heteroatoms. The molecule has 0 radical (unpaired) electrons. The molecule has 0 atom stereocenters. The summed E-state index contributed by atoms with van der Waals surface area (Å²) in [7, 11) is 0. The molecule has 0 fully saturated rings. The number of nitrogens with one attached hydrogen (secondary N) is 2. The van der Waals surface area contributed by atoms with E-state index in [9.17, 15) is 4.79 Å². The van der Waals surface area contributed by atoms with Gasteiger partial charge in [-0.05, 0) is 0 Å². The average molecular weight is 223 g/mol. The highest BCUT2D eigenvalue weighted by molar-refractivity contribution is 7.07. The van der Waals surface area contributed by atoms with Gasteiger partial charge in [0.25, 0.3) is 5.91 Å². The van der Waals surface area contributed by atoms with Gasteiger partial charge in [0.15, 0.2) is 0 Å². The summed E-state index contributed by atoms with van der Waals surface area (Å²) in [4.78, 5) is 15.5.